The number of nitrogens with zero attached hydrogens (tertiary/aromatic N) is 1. The fourth-order valence-corrected chi connectivity index (χ4v) is 11.7. The number of hydrogen-bond donors (Lipinski definition) is 3. The Morgan fingerprint density at radius 3 is 1.41 bits per heavy atom. The first-order chi connectivity index (χ1) is 45.9. The van der Waals surface area contributed by atoms with E-state index in [1.807, 2.05) is 81.5 Å². The van der Waals surface area contributed by atoms with Gasteiger partial charge in [-0.1, -0.05) is 211 Å². The van der Waals surface area contributed by atoms with Gasteiger partial charge < -0.3 is 25.2 Å². The van der Waals surface area contributed by atoms with Crippen molar-refractivity contribution < 1.29 is 38.6 Å². The van der Waals surface area contributed by atoms with Crippen LogP contribution in [-0.2, 0) is 25.6 Å². The molecule has 94 heavy (non-hydrogen) atoms. The Hall–Kier alpha value is -8.19. The molecule has 0 aliphatic carbocycles. The van der Waals surface area contributed by atoms with Crippen LogP contribution in [0.25, 0.3) is 20.5 Å². The molecule has 1 aliphatic rings. The molecule has 1 unspecified atom stereocenters. The smallest absolute Gasteiger partial charge is 0.334 e. The summed E-state index contributed by atoms with van der Waals surface area (Å²) >= 11 is 1.40. The summed E-state index contributed by atoms with van der Waals surface area (Å²) in [5.41, 5.74) is 2.63. The average molecular weight is 1290 g/mol. The molecule has 1 saturated heterocycles. The number of benzene rings is 3. The van der Waals surface area contributed by atoms with E-state index >= 15 is 0 Å². The molecule has 3 N–H and O–H groups in total. The van der Waals surface area contributed by atoms with Gasteiger partial charge in [0.05, 0.1) is 0 Å². The topological polar surface area (TPSA) is 151 Å². The number of fused-ring (bicyclic) bond motifs is 1. The van der Waals surface area contributed by atoms with E-state index in [4.69, 9.17) is 9.47 Å². The van der Waals surface area contributed by atoms with Gasteiger partial charge in [0.15, 0.2) is 5.78 Å². The zero-order valence-corrected chi connectivity index (χ0v) is 57.5. The number of ketones is 1. The maximum atomic E-state index is 14.8. The molecule has 1 aromatic heterocycles. The maximum Gasteiger partial charge on any atom is 0.334 e. The lowest BCUT2D eigenvalue weighted by atomic mass is 9.92. The van der Waals surface area contributed by atoms with Crippen molar-refractivity contribution in [1.29, 1.82) is 0 Å². The van der Waals surface area contributed by atoms with Crippen molar-refractivity contribution in [2.45, 2.75) is 175 Å². The number of carbonyl (C=O) groups is 5. The number of rotatable bonds is 44. The van der Waals surface area contributed by atoms with Gasteiger partial charge in [0.1, 0.15) is 30.2 Å². The molecule has 1 fully saturated rings. The number of ether oxygens (including phenoxy) is 2. The lowest BCUT2D eigenvalue weighted by molar-refractivity contribution is -0.143. The van der Waals surface area contributed by atoms with Crippen LogP contribution in [0.5, 0.6) is 11.5 Å². The van der Waals surface area contributed by atoms with Crippen LogP contribution in [0.1, 0.15) is 178 Å². The third-order valence-corrected chi connectivity index (χ3v) is 17.0. The van der Waals surface area contributed by atoms with Crippen molar-refractivity contribution in [2.75, 3.05) is 26.2 Å². The van der Waals surface area contributed by atoms with Crippen molar-refractivity contribution in [3.63, 3.8) is 0 Å². The SMILES string of the molecule is CC/C=C\C/C=C\C/C=C\C/C=C\C/C=C\C/C=C\CCC(=O)N[C@H](C(=O)Oc1ccc2c(C(=O)c3ccc(OCCN4CCCCC4)cc3)c(-c3ccc(CC(C)[C@H](NC(=O)CC/C=C\C/C=C\C/C=C\C/C=C\C/C=C\C/C=C\CC)C(=O)O)cc3)sc2c1)C(C)C. The largest absolute Gasteiger partial charge is 0.492 e. The van der Waals surface area contributed by atoms with Gasteiger partial charge in [-0.3, -0.25) is 19.3 Å². The summed E-state index contributed by atoms with van der Waals surface area (Å²) in [5.74, 6) is -2.15. The Morgan fingerprint density at radius 2 is 0.968 bits per heavy atom. The fraction of sp³-hybridized carbons (Fsp3) is 0.402. The van der Waals surface area contributed by atoms with Crippen LogP contribution >= 0.6 is 11.3 Å². The number of piperidine rings is 1. The van der Waals surface area contributed by atoms with E-state index in [0.717, 1.165) is 113 Å². The summed E-state index contributed by atoms with van der Waals surface area (Å²) in [6.07, 6.45) is 67.9. The van der Waals surface area contributed by atoms with Crippen LogP contribution in [0, 0.1) is 11.8 Å². The maximum absolute atomic E-state index is 14.8. The number of amides is 2. The van der Waals surface area contributed by atoms with Gasteiger partial charge in [0.25, 0.3) is 0 Å². The van der Waals surface area contributed by atoms with E-state index in [1.54, 1.807) is 30.3 Å². The second kappa shape index (κ2) is 46.8. The van der Waals surface area contributed by atoms with Crippen LogP contribution in [0.3, 0.4) is 0 Å². The average Bonchev–Trinajstić information content (AvgIpc) is 1.61. The zero-order valence-electron chi connectivity index (χ0n) is 56.6. The molecule has 2 amide bonds. The Balaban J connectivity index is 1.17. The Morgan fingerprint density at radius 1 is 0.532 bits per heavy atom. The van der Waals surface area contributed by atoms with E-state index in [2.05, 4.69) is 151 Å². The number of hydrogen-bond acceptors (Lipinski definition) is 9. The number of thiophene rings is 1. The minimum atomic E-state index is -1.10. The third-order valence-electron chi connectivity index (χ3n) is 15.8. The normalized spacial score (nSPS) is 14.7. The molecule has 12 heteroatoms. The number of nitrogens with one attached hydrogen (secondary N) is 2. The van der Waals surface area contributed by atoms with Crippen molar-refractivity contribution >= 4 is 51.0 Å². The first kappa shape index (κ1) is 76.5. The minimum absolute atomic E-state index is 0.174. The molecule has 3 atom stereocenters. The molecule has 502 valence electrons. The van der Waals surface area contributed by atoms with Crippen molar-refractivity contribution in [1.82, 2.24) is 15.5 Å². The van der Waals surface area contributed by atoms with Gasteiger partial charge >= 0.3 is 11.9 Å². The first-order valence-electron chi connectivity index (χ1n) is 34.4. The van der Waals surface area contributed by atoms with Crippen molar-refractivity contribution in [3.05, 3.63) is 229 Å². The van der Waals surface area contributed by atoms with Crippen LogP contribution < -0.4 is 20.1 Å². The molecule has 0 spiro atoms. The standard InChI is InChI=1S/C82H105N3O8S/c1-6-8-10-12-14-16-18-20-22-24-26-28-30-32-34-36-38-40-43-47-74(86)83-77(65(3)4)82(91)93-71-57-58-72-73(64-71)94-80(76(72)79(88)68-53-55-70(56-54-68)92-62-61-85-59-45-42-46-60-85)69-51-49-67(50-52-69)63-66(5)78(81(89)90)84-75(87)48-44-41-39-37-35-33-31-29-27-25-23-21-19-17-15-13-11-9-7-2/h8-11,14-17,20-23,26-29,32-35,38-41,49-58,64-66,77-78H,6-7,12-13,18-19,24-25,30-31,36-37,42-48,59-63H2,1-5H3,(H,83,86)(H,84,87)(H,89,90)/b10-8-,11-9-,16-14-,17-15-,22-20-,23-21-,28-26-,29-27-,34-32-,35-33-,40-38-,41-39-/t66?,77-,78-/m0/s1. The van der Waals surface area contributed by atoms with E-state index in [1.165, 1.54) is 30.6 Å². The Kier molecular flexibility index (Phi) is 38.1. The molecular formula is C82H105N3O8S. The number of carbonyl (C=O) groups excluding carboxylic acids is 4. The monoisotopic (exact) mass is 1290 g/mol. The second-order valence-electron chi connectivity index (χ2n) is 23.9. The van der Waals surface area contributed by atoms with Gasteiger partial charge in [0.2, 0.25) is 11.8 Å². The second-order valence-corrected chi connectivity index (χ2v) is 25.0. The van der Waals surface area contributed by atoms with Gasteiger partial charge in [-0.05, 0) is 188 Å². The molecule has 4 aromatic rings. The molecule has 3 aromatic carbocycles. The summed E-state index contributed by atoms with van der Waals surface area (Å²) in [6.45, 7) is 13.4. The molecule has 5 rings (SSSR count). The van der Waals surface area contributed by atoms with E-state index in [0.29, 0.717) is 53.0 Å². The van der Waals surface area contributed by atoms with Gasteiger partial charge in [0, 0.05) is 45.5 Å². The molecule has 1 aliphatic heterocycles. The summed E-state index contributed by atoms with van der Waals surface area (Å²) < 4.78 is 12.8. The number of allylic oxidation sites excluding steroid dienone is 24. The van der Waals surface area contributed by atoms with Crippen molar-refractivity contribution in [2.24, 2.45) is 11.8 Å². The van der Waals surface area contributed by atoms with Crippen LogP contribution in [0.15, 0.2) is 213 Å². The highest BCUT2D eigenvalue weighted by atomic mass is 32.1. The number of aliphatic carboxylic acids is 1. The van der Waals surface area contributed by atoms with Crippen LogP contribution in [0.2, 0.25) is 0 Å². The van der Waals surface area contributed by atoms with E-state index < -0.39 is 29.9 Å². The predicted molar refractivity (Wildman–Crippen MR) is 393 cm³/mol. The van der Waals surface area contributed by atoms with Gasteiger partial charge in [-0.25, -0.2) is 9.59 Å². The number of carboxylic acids is 1. The lowest BCUT2D eigenvalue weighted by Gasteiger charge is -2.26. The van der Waals surface area contributed by atoms with E-state index in [9.17, 15) is 29.1 Å². The molecular weight excluding hydrogens is 1190 g/mol. The van der Waals surface area contributed by atoms with Crippen molar-refractivity contribution in [3.8, 4) is 21.9 Å². The number of carboxylic acid groups (broad SMARTS) is 1. The zero-order chi connectivity index (χ0) is 67.2. The summed E-state index contributed by atoms with van der Waals surface area (Å²) in [5, 5.41) is 16.6. The minimum Gasteiger partial charge on any atom is -0.492 e. The van der Waals surface area contributed by atoms with E-state index in [-0.39, 0.29) is 42.1 Å². The van der Waals surface area contributed by atoms with Crippen LogP contribution in [0.4, 0.5) is 0 Å². The highest BCUT2D eigenvalue weighted by Gasteiger charge is 2.29. The summed E-state index contributed by atoms with van der Waals surface area (Å²) in [4.78, 5) is 70.6. The lowest BCUT2D eigenvalue weighted by Crippen LogP contribution is -2.46. The summed E-state index contributed by atoms with van der Waals surface area (Å²) in [6, 6.07) is 18.2. The summed E-state index contributed by atoms with van der Waals surface area (Å²) in [7, 11) is 0. The molecule has 0 saturated carbocycles. The molecule has 11 nitrogen and oxygen atoms in total. The Bertz CT molecular complexity index is 3290. The third kappa shape index (κ3) is 30.7. The fourth-order valence-electron chi connectivity index (χ4n) is 10.5. The molecule has 2 heterocycles. The number of esters is 1. The first-order valence-corrected chi connectivity index (χ1v) is 35.2. The van der Waals surface area contributed by atoms with Gasteiger partial charge in [-0.15, -0.1) is 11.3 Å². The molecule has 0 radical (unpaired) electrons. The highest BCUT2D eigenvalue weighted by Crippen LogP contribution is 2.42. The quantitative estimate of drug-likeness (QED) is 0.0170. The Labute approximate surface area is 566 Å². The highest BCUT2D eigenvalue weighted by molar-refractivity contribution is 7.22. The van der Waals surface area contributed by atoms with Gasteiger partial charge in [-0.2, -0.15) is 0 Å². The predicted octanol–water partition coefficient (Wildman–Crippen LogP) is 19.4. The van der Waals surface area contributed by atoms with Crippen LogP contribution in [-0.4, -0.2) is 77.9 Å². The number of likely N-dealkylation sites (tertiary alicyclic amines) is 1. The molecule has 0 bridgehead atoms.